The van der Waals surface area contributed by atoms with Gasteiger partial charge in [-0.05, 0) is 45.9 Å². The summed E-state index contributed by atoms with van der Waals surface area (Å²) in [6.45, 7) is 2.02. The average Bonchev–Trinajstić information content (AvgIpc) is 2.41. The Morgan fingerprint density at radius 1 is 1.10 bits per heavy atom. The molecule has 0 bridgehead atoms. The Morgan fingerprint density at radius 3 is 2.40 bits per heavy atom. The van der Waals surface area contributed by atoms with Crippen LogP contribution in [0, 0.1) is 0 Å². The molecule has 0 unspecified atom stereocenters. The smallest absolute Gasteiger partial charge is 0.337 e. The van der Waals surface area contributed by atoms with Crippen molar-refractivity contribution in [1.29, 1.82) is 0 Å². The van der Waals surface area contributed by atoms with E-state index in [1.807, 2.05) is 49.4 Å². The lowest BCUT2D eigenvalue weighted by Crippen LogP contribution is -2.01. The Morgan fingerprint density at radius 2 is 1.75 bits per heavy atom. The molecule has 0 aromatic heterocycles. The van der Waals surface area contributed by atoms with Gasteiger partial charge in [0.15, 0.2) is 0 Å². The number of carboxylic acids is 1. The lowest BCUT2D eigenvalue weighted by Gasteiger charge is -2.11. The Labute approximate surface area is 135 Å². The molecule has 0 aliphatic rings. The van der Waals surface area contributed by atoms with Crippen LogP contribution in [0.25, 0.3) is 0 Å². The van der Waals surface area contributed by atoms with Gasteiger partial charge in [0, 0.05) is 19.2 Å². The molecule has 0 aliphatic carbocycles. The topological polar surface area (TPSA) is 37.3 Å². The normalized spacial score (nSPS) is 10.5. The van der Waals surface area contributed by atoms with Crippen molar-refractivity contribution in [2.24, 2.45) is 0 Å². The molecule has 0 spiro atoms. The number of hydrogen-bond acceptors (Lipinski definition) is 3. The number of benzene rings is 2. The van der Waals surface area contributed by atoms with E-state index in [2.05, 4.69) is 15.9 Å². The van der Waals surface area contributed by atoms with Gasteiger partial charge in [0.1, 0.15) is 0 Å². The maximum atomic E-state index is 11.6. The molecular weight excluding hydrogens is 356 g/mol. The summed E-state index contributed by atoms with van der Waals surface area (Å²) in [6, 6.07) is 13.4. The molecule has 2 rings (SSSR count). The third-order valence-electron chi connectivity index (χ3n) is 2.56. The maximum absolute atomic E-state index is 11.6. The molecule has 0 amide bonds. The summed E-state index contributed by atoms with van der Waals surface area (Å²) in [5, 5.41) is 9.48. The van der Waals surface area contributed by atoms with Crippen molar-refractivity contribution in [3.63, 3.8) is 0 Å². The maximum Gasteiger partial charge on any atom is 0.337 e. The second kappa shape index (κ2) is 7.20. The van der Waals surface area contributed by atoms with Crippen LogP contribution in [-0.4, -0.2) is 16.8 Å². The van der Waals surface area contributed by atoms with E-state index in [-0.39, 0.29) is 0 Å². The third kappa shape index (κ3) is 3.59. The first kappa shape index (κ1) is 15.5. The van der Waals surface area contributed by atoms with Crippen molar-refractivity contribution in [3.8, 4) is 0 Å². The van der Waals surface area contributed by atoms with Gasteiger partial charge < -0.3 is 5.11 Å². The molecule has 0 fully saturated rings. The van der Waals surface area contributed by atoms with E-state index in [0.29, 0.717) is 5.56 Å². The monoisotopic (exact) mass is 368 g/mol. The van der Waals surface area contributed by atoms with Gasteiger partial charge in [-0.25, -0.2) is 4.79 Å². The minimum atomic E-state index is -0.879. The second-order valence-corrected chi connectivity index (χ2v) is 7.14. The van der Waals surface area contributed by atoms with E-state index >= 15 is 0 Å². The summed E-state index contributed by atoms with van der Waals surface area (Å²) < 4.78 is 0.967. The average molecular weight is 369 g/mol. The quantitative estimate of drug-likeness (QED) is 0.715. The number of rotatable bonds is 5. The van der Waals surface area contributed by atoms with E-state index in [1.165, 1.54) is 11.8 Å². The molecule has 20 heavy (non-hydrogen) atoms. The number of carbonyl (C=O) groups is 1. The molecule has 0 saturated heterocycles. The van der Waals surface area contributed by atoms with Crippen LogP contribution < -0.4 is 0 Å². The number of carboxylic acid groups (broad SMARTS) is 1. The number of aromatic carboxylic acids is 1. The molecule has 5 heteroatoms. The van der Waals surface area contributed by atoms with Crippen LogP contribution in [0.1, 0.15) is 17.3 Å². The summed E-state index contributed by atoms with van der Waals surface area (Å²) in [6.07, 6.45) is 0. The zero-order chi connectivity index (χ0) is 14.5. The van der Waals surface area contributed by atoms with Gasteiger partial charge in [-0.1, -0.05) is 36.9 Å². The van der Waals surface area contributed by atoms with Gasteiger partial charge in [-0.3, -0.25) is 0 Å². The lowest BCUT2D eigenvalue weighted by atomic mass is 10.2. The number of hydrogen-bond donors (Lipinski definition) is 1. The van der Waals surface area contributed by atoms with Crippen LogP contribution in [0.15, 0.2) is 61.6 Å². The fourth-order valence-corrected chi connectivity index (χ4v) is 4.14. The van der Waals surface area contributed by atoms with Crippen molar-refractivity contribution < 1.29 is 9.90 Å². The van der Waals surface area contributed by atoms with Gasteiger partial charge in [-0.15, -0.1) is 11.8 Å². The van der Waals surface area contributed by atoms with E-state index < -0.39 is 5.97 Å². The van der Waals surface area contributed by atoms with Gasteiger partial charge in [0.25, 0.3) is 0 Å². The Balaban J connectivity index is 2.44. The van der Waals surface area contributed by atoms with E-state index in [9.17, 15) is 9.90 Å². The summed E-state index contributed by atoms with van der Waals surface area (Å²) in [4.78, 5) is 14.1. The van der Waals surface area contributed by atoms with Crippen molar-refractivity contribution >= 4 is 45.4 Å². The molecule has 0 heterocycles. The Bertz CT molecular complexity index is 629. The second-order valence-electron chi connectivity index (χ2n) is 3.90. The first-order valence-electron chi connectivity index (χ1n) is 6.05. The standard InChI is InChI=1S/C15H13BrO2S2/c1-2-19-12-8-5-9-13(14(12)15(17)18)20-11-7-4-3-6-10(11)16/h3-9H,2H2,1H3,(H,17,18). The SMILES string of the molecule is CCSc1cccc(Sc2ccccc2Br)c1C(=O)O. The van der Waals surface area contributed by atoms with Crippen molar-refractivity contribution in [2.75, 3.05) is 5.75 Å². The summed E-state index contributed by atoms with van der Waals surface area (Å²) in [5.41, 5.74) is 0.389. The minimum absolute atomic E-state index is 0.389. The summed E-state index contributed by atoms with van der Waals surface area (Å²) >= 11 is 6.51. The molecule has 0 saturated carbocycles. The highest BCUT2D eigenvalue weighted by atomic mass is 79.9. The molecule has 2 nitrogen and oxygen atoms in total. The first-order valence-corrected chi connectivity index (χ1v) is 8.64. The Kier molecular flexibility index (Phi) is 5.57. The predicted octanol–water partition coefficient (Wildman–Crippen LogP) is 5.41. The fourth-order valence-electron chi connectivity index (χ4n) is 1.73. The van der Waals surface area contributed by atoms with Gasteiger partial charge in [-0.2, -0.15) is 0 Å². The summed E-state index contributed by atoms with van der Waals surface area (Å²) in [5.74, 6) is -0.0280. The number of thioether (sulfide) groups is 1. The third-order valence-corrected chi connectivity index (χ3v) is 5.59. The van der Waals surface area contributed by atoms with Crippen LogP contribution in [0.2, 0.25) is 0 Å². The van der Waals surface area contributed by atoms with Crippen LogP contribution in [0.3, 0.4) is 0 Å². The van der Waals surface area contributed by atoms with Gasteiger partial charge >= 0.3 is 5.97 Å². The van der Waals surface area contributed by atoms with Gasteiger partial charge in [0.2, 0.25) is 0 Å². The molecule has 1 N–H and O–H groups in total. The lowest BCUT2D eigenvalue weighted by molar-refractivity contribution is 0.0689. The van der Waals surface area contributed by atoms with Crippen molar-refractivity contribution in [3.05, 3.63) is 52.5 Å². The van der Waals surface area contributed by atoms with E-state index in [1.54, 1.807) is 11.8 Å². The van der Waals surface area contributed by atoms with Crippen LogP contribution >= 0.6 is 39.5 Å². The van der Waals surface area contributed by atoms with Gasteiger partial charge in [0.05, 0.1) is 5.56 Å². The molecule has 104 valence electrons. The zero-order valence-electron chi connectivity index (χ0n) is 10.8. The molecule has 0 aliphatic heterocycles. The molecular formula is C15H13BrO2S2. The molecule has 2 aromatic rings. The van der Waals surface area contributed by atoms with Crippen molar-refractivity contribution in [1.82, 2.24) is 0 Å². The highest BCUT2D eigenvalue weighted by molar-refractivity contribution is 9.10. The van der Waals surface area contributed by atoms with E-state index in [4.69, 9.17) is 0 Å². The Hall–Kier alpha value is -0.910. The zero-order valence-corrected chi connectivity index (χ0v) is 14.0. The summed E-state index contributed by atoms with van der Waals surface area (Å²) in [7, 11) is 0. The van der Waals surface area contributed by atoms with Crippen LogP contribution in [0.5, 0.6) is 0 Å². The molecule has 2 aromatic carbocycles. The van der Waals surface area contributed by atoms with Crippen LogP contribution in [-0.2, 0) is 0 Å². The van der Waals surface area contributed by atoms with Crippen molar-refractivity contribution in [2.45, 2.75) is 21.6 Å². The number of halogens is 1. The first-order chi connectivity index (χ1) is 9.63. The minimum Gasteiger partial charge on any atom is -0.478 e. The van der Waals surface area contributed by atoms with Crippen LogP contribution in [0.4, 0.5) is 0 Å². The fraction of sp³-hybridized carbons (Fsp3) is 0.133. The highest BCUT2D eigenvalue weighted by Crippen LogP contribution is 2.38. The van der Waals surface area contributed by atoms with E-state index in [0.717, 1.165) is 24.9 Å². The highest BCUT2D eigenvalue weighted by Gasteiger charge is 2.17. The molecule has 0 radical (unpaired) electrons. The predicted molar refractivity (Wildman–Crippen MR) is 88.1 cm³/mol. The molecule has 0 atom stereocenters. The largest absolute Gasteiger partial charge is 0.478 e.